The Kier molecular flexibility index (Phi) is 4.19. The molecule has 1 aliphatic carbocycles. The normalized spacial score (nSPS) is 16.7. The fraction of sp³-hybridized carbons (Fsp3) is 0.438. The molecular weight excluding hydrogens is 358 g/mol. The second-order valence-electron chi connectivity index (χ2n) is 6.36. The second-order valence-corrected chi connectivity index (χ2v) is 7.44. The first kappa shape index (κ1) is 16.7. The molecule has 2 aromatic heterocycles. The lowest BCUT2D eigenvalue weighted by Crippen LogP contribution is -2.44. The standard InChI is InChI=1S/C16H17N5O4S/c22-11(19-21-7-12(23)18-16(21)25)5-6-20-8-17-14-13(15(20)24)9-3-1-2-4-10(9)26-14/h8H,1-7H2,(H,19,22)(H,18,23,25). The highest BCUT2D eigenvalue weighted by Crippen LogP contribution is 2.33. The van der Waals surface area contributed by atoms with Gasteiger partial charge >= 0.3 is 6.03 Å². The summed E-state index contributed by atoms with van der Waals surface area (Å²) in [4.78, 5) is 53.7. The van der Waals surface area contributed by atoms with Gasteiger partial charge in [0.15, 0.2) is 0 Å². The lowest BCUT2D eigenvalue weighted by atomic mass is 9.97. The maximum Gasteiger partial charge on any atom is 0.343 e. The Balaban J connectivity index is 1.48. The van der Waals surface area contributed by atoms with E-state index in [0.717, 1.165) is 41.1 Å². The average Bonchev–Trinajstić information content (AvgIpc) is 3.14. The molecule has 136 valence electrons. The Labute approximate surface area is 152 Å². The molecule has 3 heterocycles. The zero-order chi connectivity index (χ0) is 18.3. The van der Waals surface area contributed by atoms with Crippen molar-refractivity contribution in [2.24, 2.45) is 0 Å². The van der Waals surface area contributed by atoms with Crippen molar-refractivity contribution in [3.63, 3.8) is 0 Å². The van der Waals surface area contributed by atoms with Gasteiger partial charge in [0.2, 0.25) is 11.8 Å². The molecule has 4 rings (SSSR count). The molecule has 26 heavy (non-hydrogen) atoms. The third kappa shape index (κ3) is 2.96. The third-order valence-corrected chi connectivity index (χ3v) is 5.77. The fourth-order valence-corrected chi connectivity index (χ4v) is 4.52. The van der Waals surface area contributed by atoms with Crippen LogP contribution >= 0.6 is 11.3 Å². The Bertz CT molecular complexity index is 979. The SMILES string of the molecule is O=C1CN(NC(=O)CCn2cnc3sc4c(c3c2=O)CCCC4)C(=O)N1. The summed E-state index contributed by atoms with van der Waals surface area (Å²) >= 11 is 1.58. The predicted octanol–water partition coefficient (Wildman–Crippen LogP) is 0.310. The second kappa shape index (κ2) is 6.52. The number of rotatable bonds is 4. The van der Waals surface area contributed by atoms with Gasteiger partial charge in [-0.25, -0.2) is 14.8 Å². The van der Waals surface area contributed by atoms with Gasteiger partial charge in [0.1, 0.15) is 11.4 Å². The van der Waals surface area contributed by atoms with Crippen molar-refractivity contribution in [3.05, 3.63) is 27.1 Å². The third-order valence-electron chi connectivity index (χ3n) is 4.57. The Morgan fingerprint density at radius 2 is 2.08 bits per heavy atom. The molecule has 2 aliphatic rings. The number of urea groups is 1. The minimum atomic E-state index is -0.659. The highest BCUT2D eigenvalue weighted by atomic mass is 32.1. The summed E-state index contributed by atoms with van der Waals surface area (Å²) in [5.41, 5.74) is 3.34. The Morgan fingerprint density at radius 1 is 1.27 bits per heavy atom. The van der Waals surface area contributed by atoms with E-state index in [9.17, 15) is 19.2 Å². The summed E-state index contributed by atoms with van der Waals surface area (Å²) in [6.07, 6.45) is 5.57. The van der Waals surface area contributed by atoms with Gasteiger partial charge < -0.3 is 0 Å². The van der Waals surface area contributed by atoms with Crippen LogP contribution in [0.4, 0.5) is 4.79 Å². The molecule has 0 spiro atoms. The predicted molar refractivity (Wildman–Crippen MR) is 93.5 cm³/mol. The van der Waals surface area contributed by atoms with E-state index in [1.807, 2.05) is 0 Å². The van der Waals surface area contributed by atoms with Crippen molar-refractivity contribution in [1.29, 1.82) is 0 Å². The van der Waals surface area contributed by atoms with Crippen molar-refractivity contribution in [2.45, 2.75) is 38.6 Å². The maximum atomic E-state index is 12.8. The van der Waals surface area contributed by atoms with E-state index in [1.165, 1.54) is 15.8 Å². The van der Waals surface area contributed by atoms with E-state index in [2.05, 4.69) is 15.7 Å². The molecule has 1 fully saturated rings. The molecule has 0 aromatic carbocycles. The first-order valence-electron chi connectivity index (χ1n) is 8.43. The number of hydrazine groups is 1. The van der Waals surface area contributed by atoms with Gasteiger partial charge in [-0.3, -0.25) is 29.7 Å². The molecule has 4 amide bonds. The number of imide groups is 1. The van der Waals surface area contributed by atoms with Crippen LogP contribution in [0.3, 0.4) is 0 Å². The van der Waals surface area contributed by atoms with Gasteiger partial charge in [0.25, 0.3) is 5.56 Å². The van der Waals surface area contributed by atoms with Crippen LogP contribution in [0.5, 0.6) is 0 Å². The molecule has 0 saturated carbocycles. The molecule has 1 aliphatic heterocycles. The van der Waals surface area contributed by atoms with E-state index in [1.54, 1.807) is 11.3 Å². The number of hydrogen-bond acceptors (Lipinski definition) is 6. The Hall–Kier alpha value is -2.75. The van der Waals surface area contributed by atoms with E-state index in [4.69, 9.17) is 0 Å². The van der Waals surface area contributed by atoms with Crippen LogP contribution in [-0.4, -0.2) is 39.0 Å². The molecule has 0 bridgehead atoms. The highest BCUT2D eigenvalue weighted by molar-refractivity contribution is 7.18. The number of carbonyl (C=O) groups excluding carboxylic acids is 3. The van der Waals surface area contributed by atoms with E-state index in [0.29, 0.717) is 5.39 Å². The average molecular weight is 375 g/mol. The molecule has 1 saturated heterocycles. The summed E-state index contributed by atoms with van der Waals surface area (Å²) in [5.74, 6) is -0.919. The van der Waals surface area contributed by atoms with Crippen LogP contribution in [0.15, 0.2) is 11.1 Å². The van der Waals surface area contributed by atoms with Gasteiger partial charge in [0, 0.05) is 17.8 Å². The summed E-state index contributed by atoms with van der Waals surface area (Å²) in [5, 5.41) is 3.67. The van der Waals surface area contributed by atoms with Crippen LogP contribution in [0.1, 0.15) is 29.7 Å². The van der Waals surface area contributed by atoms with Crippen molar-refractivity contribution < 1.29 is 14.4 Å². The smallest absolute Gasteiger partial charge is 0.298 e. The van der Waals surface area contributed by atoms with Crippen LogP contribution in [0.25, 0.3) is 10.2 Å². The van der Waals surface area contributed by atoms with Crippen molar-refractivity contribution in [1.82, 2.24) is 25.3 Å². The number of nitrogens with zero attached hydrogens (tertiary/aromatic N) is 3. The molecule has 0 unspecified atom stereocenters. The largest absolute Gasteiger partial charge is 0.343 e. The topological polar surface area (TPSA) is 113 Å². The molecule has 10 heteroatoms. The van der Waals surface area contributed by atoms with Gasteiger partial charge in [-0.15, -0.1) is 11.3 Å². The van der Waals surface area contributed by atoms with Crippen LogP contribution in [-0.2, 0) is 29.0 Å². The number of carbonyl (C=O) groups is 3. The zero-order valence-corrected chi connectivity index (χ0v) is 14.7. The van der Waals surface area contributed by atoms with Crippen molar-refractivity contribution >= 4 is 39.4 Å². The van der Waals surface area contributed by atoms with E-state index in [-0.39, 0.29) is 25.1 Å². The number of aryl methyl sites for hydroxylation is 3. The number of nitrogens with one attached hydrogen (secondary N) is 2. The molecular formula is C16H17N5O4S. The van der Waals surface area contributed by atoms with Crippen LogP contribution < -0.4 is 16.3 Å². The first-order valence-corrected chi connectivity index (χ1v) is 9.25. The summed E-state index contributed by atoms with van der Waals surface area (Å²) in [6.45, 7) is -0.0549. The molecule has 0 atom stereocenters. The van der Waals surface area contributed by atoms with Crippen molar-refractivity contribution in [3.8, 4) is 0 Å². The van der Waals surface area contributed by atoms with E-state index < -0.39 is 17.8 Å². The lowest BCUT2D eigenvalue weighted by molar-refractivity contribution is -0.125. The number of hydrogen-bond donors (Lipinski definition) is 2. The van der Waals surface area contributed by atoms with E-state index >= 15 is 0 Å². The van der Waals surface area contributed by atoms with Gasteiger partial charge in [0.05, 0.1) is 11.7 Å². The molecule has 2 N–H and O–H groups in total. The van der Waals surface area contributed by atoms with Gasteiger partial charge in [-0.05, 0) is 31.2 Å². The first-order chi connectivity index (χ1) is 12.5. The summed E-state index contributed by atoms with van der Waals surface area (Å²) in [7, 11) is 0. The number of fused-ring (bicyclic) bond motifs is 3. The van der Waals surface area contributed by atoms with Crippen LogP contribution in [0, 0.1) is 0 Å². The maximum absolute atomic E-state index is 12.8. The quantitative estimate of drug-likeness (QED) is 0.747. The molecule has 2 aromatic rings. The lowest BCUT2D eigenvalue weighted by Gasteiger charge is -2.14. The van der Waals surface area contributed by atoms with Gasteiger partial charge in [-0.2, -0.15) is 0 Å². The number of aromatic nitrogens is 2. The van der Waals surface area contributed by atoms with Crippen LogP contribution in [0.2, 0.25) is 0 Å². The zero-order valence-electron chi connectivity index (χ0n) is 13.9. The monoisotopic (exact) mass is 375 g/mol. The van der Waals surface area contributed by atoms with Crippen molar-refractivity contribution in [2.75, 3.05) is 6.54 Å². The molecule has 9 nitrogen and oxygen atoms in total. The summed E-state index contributed by atoms with van der Waals surface area (Å²) < 4.78 is 1.43. The number of amides is 4. The Morgan fingerprint density at radius 3 is 2.85 bits per heavy atom. The minimum absolute atomic E-state index is 0.00259. The van der Waals surface area contributed by atoms with Gasteiger partial charge in [-0.1, -0.05) is 0 Å². The highest BCUT2D eigenvalue weighted by Gasteiger charge is 2.28. The molecule has 0 radical (unpaired) electrons. The fourth-order valence-electron chi connectivity index (χ4n) is 3.30. The minimum Gasteiger partial charge on any atom is -0.298 e. The number of thiophene rings is 1. The summed E-state index contributed by atoms with van der Waals surface area (Å²) in [6, 6.07) is -0.659.